The average Bonchev–Trinajstić information content (AvgIpc) is 3.27. The third-order valence-electron chi connectivity index (χ3n) is 9.81. The minimum atomic E-state index is -0.735. The molecule has 0 aromatic heterocycles. The molecule has 3 N–H and O–H groups in total. The Hall–Kier alpha value is -0.160. The maximum atomic E-state index is 10.5. The highest BCUT2D eigenvalue weighted by molar-refractivity contribution is 5.27. The molecule has 5 rings (SSSR count). The summed E-state index contributed by atoms with van der Waals surface area (Å²) in [5, 5.41) is 30.3. The number of aliphatic hydroxyl groups excluding tert-OH is 3. The van der Waals surface area contributed by atoms with Gasteiger partial charge in [-0.25, -0.2) is 0 Å². The first-order valence-corrected chi connectivity index (χ1v) is 10.5. The normalized spacial score (nSPS) is 60.8. The van der Waals surface area contributed by atoms with Crippen LogP contribution in [0.1, 0.15) is 65.2 Å². The molecule has 0 aromatic carbocycles. The van der Waals surface area contributed by atoms with E-state index in [1.54, 1.807) is 0 Å². The van der Waals surface area contributed by atoms with Gasteiger partial charge in [0.05, 0.1) is 18.8 Å². The summed E-state index contributed by atoms with van der Waals surface area (Å²) in [6.45, 7) is 4.65. The van der Waals surface area contributed by atoms with Crippen LogP contribution in [0.15, 0.2) is 0 Å². The van der Waals surface area contributed by atoms with Crippen molar-refractivity contribution in [2.24, 2.45) is 34.5 Å². The molecule has 0 spiro atoms. The van der Waals surface area contributed by atoms with Crippen LogP contribution in [-0.4, -0.2) is 45.8 Å². The van der Waals surface area contributed by atoms with Crippen molar-refractivity contribution in [3.63, 3.8) is 0 Å². The summed E-state index contributed by atoms with van der Waals surface area (Å²) in [6.07, 6.45) is 8.40. The minimum absolute atomic E-state index is 0.0123. The van der Waals surface area contributed by atoms with Crippen LogP contribution in [0.5, 0.6) is 0 Å². The molecular formula is C21H34O4. The van der Waals surface area contributed by atoms with Crippen molar-refractivity contribution in [2.75, 3.05) is 6.61 Å². The summed E-state index contributed by atoms with van der Waals surface area (Å²) in [6, 6.07) is 0. The Bertz CT molecular complexity index is 566. The predicted molar refractivity (Wildman–Crippen MR) is 93.8 cm³/mol. The summed E-state index contributed by atoms with van der Waals surface area (Å²) >= 11 is 0. The number of rotatable bonds is 2. The van der Waals surface area contributed by atoms with Gasteiger partial charge in [0.1, 0.15) is 11.7 Å². The van der Waals surface area contributed by atoms with Gasteiger partial charge in [0.25, 0.3) is 0 Å². The van der Waals surface area contributed by atoms with Gasteiger partial charge in [-0.3, -0.25) is 0 Å². The topological polar surface area (TPSA) is 73.2 Å². The van der Waals surface area contributed by atoms with E-state index in [0.717, 1.165) is 37.5 Å². The van der Waals surface area contributed by atoms with Crippen LogP contribution < -0.4 is 0 Å². The van der Waals surface area contributed by atoms with Crippen LogP contribution in [0.2, 0.25) is 0 Å². The number of aliphatic hydroxyl groups is 3. The molecule has 1 saturated heterocycles. The fourth-order valence-corrected chi connectivity index (χ4v) is 8.44. The van der Waals surface area contributed by atoms with E-state index in [-0.39, 0.29) is 24.2 Å². The molecule has 0 aromatic rings. The molecule has 5 aliphatic rings. The summed E-state index contributed by atoms with van der Waals surface area (Å²) in [7, 11) is 0. The predicted octanol–water partition coefficient (Wildman–Crippen LogP) is 2.49. The summed E-state index contributed by atoms with van der Waals surface area (Å²) in [4.78, 5) is 0. The SMILES string of the molecule is C[C@]12CC[C@H](O)C[C@@H]1CC[C@@H]1[C@@H]2CC[C@@]2(C)[C@H]1C[C@H]1O[C@]12C(O)CO. The van der Waals surface area contributed by atoms with Crippen molar-refractivity contribution in [2.45, 2.75) is 89.1 Å². The number of fused-ring (bicyclic) bond motifs is 7. The van der Waals surface area contributed by atoms with Crippen LogP contribution in [0.3, 0.4) is 0 Å². The maximum absolute atomic E-state index is 10.5. The molecule has 0 radical (unpaired) electrons. The molecule has 0 bridgehead atoms. The van der Waals surface area contributed by atoms with Gasteiger partial charge in [0.2, 0.25) is 0 Å². The molecular weight excluding hydrogens is 316 g/mol. The number of epoxide rings is 1. The Morgan fingerprint density at radius 3 is 2.60 bits per heavy atom. The van der Waals surface area contributed by atoms with Gasteiger partial charge in [0.15, 0.2) is 0 Å². The summed E-state index contributed by atoms with van der Waals surface area (Å²) < 4.78 is 6.05. The first-order valence-electron chi connectivity index (χ1n) is 10.5. The van der Waals surface area contributed by atoms with Crippen molar-refractivity contribution < 1.29 is 20.1 Å². The Kier molecular flexibility index (Phi) is 3.54. The molecule has 4 heteroatoms. The zero-order chi connectivity index (χ0) is 17.6. The summed E-state index contributed by atoms with van der Waals surface area (Å²) in [5.74, 6) is 2.80. The highest BCUT2D eigenvalue weighted by Gasteiger charge is 2.79. The second kappa shape index (κ2) is 5.21. The van der Waals surface area contributed by atoms with Crippen LogP contribution in [0.25, 0.3) is 0 Å². The fraction of sp³-hybridized carbons (Fsp3) is 1.00. The lowest BCUT2D eigenvalue weighted by Gasteiger charge is -2.61. The van der Waals surface area contributed by atoms with Gasteiger partial charge < -0.3 is 20.1 Å². The van der Waals surface area contributed by atoms with E-state index in [4.69, 9.17) is 4.74 Å². The van der Waals surface area contributed by atoms with E-state index in [1.807, 2.05) is 0 Å². The van der Waals surface area contributed by atoms with Gasteiger partial charge in [-0.2, -0.15) is 0 Å². The zero-order valence-electron chi connectivity index (χ0n) is 15.7. The van der Waals surface area contributed by atoms with Crippen molar-refractivity contribution in [1.29, 1.82) is 0 Å². The van der Waals surface area contributed by atoms with Gasteiger partial charge in [-0.15, -0.1) is 0 Å². The van der Waals surface area contributed by atoms with E-state index >= 15 is 0 Å². The Balaban J connectivity index is 1.45. The van der Waals surface area contributed by atoms with Gasteiger partial charge >= 0.3 is 0 Å². The Labute approximate surface area is 151 Å². The van der Waals surface area contributed by atoms with E-state index in [1.165, 1.54) is 25.7 Å². The number of ether oxygens (including phenoxy) is 1. The highest BCUT2D eigenvalue weighted by Crippen LogP contribution is 2.74. The van der Waals surface area contributed by atoms with Crippen molar-refractivity contribution in [1.82, 2.24) is 0 Å². The van der Waals surface area contributed by atoms with E-state index in [2.05, 4.69) is 13.8 Å². The van der Waals surface area contributed by atoms with Crippen molar-refractivity contribution in [3.05, 3.63) is 0 Å². The molecule has 5 fully saturated rings. The van der Waals surface area contributed by atoms with Crippen LogP contribution in [-0.2, 0) is 4.74 Å². The smallest absolute Gasteiger partial charge is 0.128 e. The Morgan fingerprint density at radius 2 is 1.84 bits per heavy atom. The fourth-order valence-electron chi connectivity index (χ4n) is 8.44. The molecule has 1 unspecified atom stereocenters. The third-order valence-corrected chi connectivity index (χ3v) is 9.81. The van der Waals surface area contributed by atoms with Gasteiger partial charge in [-0.05, 0) is 80.5 Å². The van der Waals surface area contributed by atoms with E-state index < -0.39 is 11.7 Å². The average molecular weight is 350 g/mol. The number of hydrogen-bond acceptors (Lipinski definition) is 4. The van der Waals surface area contributed by atoms with Crippen molar-refractivity contribution >= 4 is 0 Å². The van der Waals surface area contributed by atoms with Crippen LogP contribution in [0.4, 0.5) is 0 Å². The lowest BCUT2D eigenvalue weighted by molar-refractivity contribution is -0.155. The van der Waals surface area contributed by atoms with E-state index in [9.17, 15) is 15.3 Å². The highest BCUT2D eigenvalue weighted by atomic mass is 16.6. The van der Waals surface area contributed by atoms with Crippen LogP contribution >= 0.6 is 0 Å². The van der Waals surface area contributed by atoms with Crippen molar-refractivity contribution in [3.8, 4) is 0 Å². The van der Waals surface area contributed by atoms with Gasteiger partial charge in [0, 0.05) is 5.41 Å². The molecule has 4 nitrogen and oxygen atoms in total. The molecule has 142 valence electrons. The largest absolute Gasteiger partial charge is 0.394 e. The standard InChI is InChI=1S/C21H34O4/c1-19-7-5-13(23)9-12(19)3-4-14-15(19)6-8-20(2)16(14)10-18-21(20,25-18)17(24)11-22/h12-18,22-24H,3-11H2,1-2H3/t12-,13-,14+,15-,16-,17?,18+,19-,20-,21+/m0/s1. The first kappa shape index (κ1) is 17.0. The molecule has 0 amide bonds. The minimum Gasteiger partial charge on any atom is -0.394 e. The molecule has 4 aliphatic carbocycles. The zero-order valence-corrected chi connectivity index (χ0v) is 15.7. The molecule has 10 atom stereocenters. The molecule has 1 aliphatic heterocycles. The number of hydrogen-bond donors (Lipinski definition) is 3. The summed E-state index contributed by atoms with van der Waals surface area (Å²) in [5.41, 5.74) is -0.0733. The third kappa shape index (κ3) is 1.93. The quantitative estimate of drug-likeness (QED) is 0.669. The second-order valence-corrected chi connectivity index (χ2v) is 10.4. The Morgan fingerprint density at radius 1 is 1.04 bits per heavy atom. The van der Waals surface area contributed by atoms with E-state index in [0.29, 0.717) is 17.3 Å². The van der Waals surface area contributed by atoms with Gasteiger partial charge in [-0.1, -0.05) is 13.8 Å². The van der Waals surface area contributed by atoms with Crippen LogP contribution in [0, 0.1) is 34.5 Å². The molecule has 1 heterocycles. The molecule has 4 saturated carbocycles. The second-order valence-electron chi connectivity index (χ2n) is 10.4. The molecule has 25 heavy (non-hydrogen) atoms. The monoisotopic (exact) mass is 350 g/mol. The maximum Gasteiger partial charge on any atom is 0.128 e. The lowest BCUT2D eigenvalue weighted by atomic mass is 9.44. The lowest BCUT2D eigenvalue weighted by Crippen LogP contribution is -2.57. The first-order chi connectivity index (χ1) is 11.9.